The molecule has 2 atom stereocenters. The molecule has 0 aliphatic carbocycles. The molecule has 1 saturated heterocycles. The van der Waals surface area contributed by atoms with E-state index in [-0.39, 0.29) is 24.2 Å². The molecule has 3 rings (SSSR count). The van der Waals surface area contributed by atoms with Crippen molar-refractivity contribution in [1.29, 1.82) is 0 Å². The van der Waals surface area contributed by atoms with E-state index in [1.54, 1.807) is 0 Å². The van der Waals surface area contributed by atoms with Crippen molar-refractivity contribution in [2.75, 3.05) is 13.1 Å². The summed E-state index contributed by atoms with van der Waals surface area (Å²) in [6.45, 7) is 12.3. The third-order valence-corrected chi connectivity index (χ3v) is 5.68. The molecule has 1 fully saturated rings. The average Bonchev–Trinajstić information content (AvgIpc) is 2.61. The van der Waals surface area contributed by atoms with Crippen LogP contribution in [0.25, 0.3) is 11.0 Å². The van der Waals surface area contributed by atoms with Crippen LogP contribution in [0.15, 0.2) is 21.3 Å². The van der Waals surface area contributed by atoms with Gasteiger partial charge in [0.1, 0.15) is 11.3 Å². The second kappa shape index (κ2) is 9.21. The quantitative estimate of drug-likeness (QED) is 0.563. The number of likely N-dealkylation sites (tertiary alicyclic amines) is 1. The van der Waals surface area contributed by atoms with Crippen molar-refractivity contribution < 1.29 is 19.1 Å². The van der Waals surface area contributed by atoms with Gasteiger partial charge in [-0.1, -0.05) is 13.8 Å². The fourth-order valence-electron chi connectivity index (χ4n) is 4.61. The number of hydrogen-bond acceptors (Lipinski definition) is 6. The lowest BCUT2D eigenvalue weighted by molar-refractivity contribution is -0.147. The molecule has 2 unspecified atom stereocenters. The van der Waals surface area contributed by atoms with Gasteiger partial charge in [0.25, 0.3) is 0 Å². The highest BCUT2D eigenvalue weighted by atomic mass is 16.5. The van der Waals surface area contributed by atoms with Crippen molar-refractivity contribution in [3.05, 3.63) is 39.2 Å². The minimum atomic E-state index is -0.422. The van der Waals surface area contributed by atoms with E-state index in [2.05, 4.69) is 18.7 Å². The number of nitrogens with zero attached hydrogens (tertiary/aromatic N) is 1. The number of esters is 1. The molecule has 0 spiro atoms. The first kappa shape index (κ1) is 22.3. The Morgan fingerprint density at radius 3 is 2.57 bits per heavy atom. The Kier molecular flexibility index (Phi) is 6.86. The van der Waals surface area contributed by atoms with Crippen LogP contribution in [0.3, 0.4) is 0 Å². The zero-order chi connectivity index (χ0) is 22.0. The van der Waals surface area contributed by atoms with Crippen molar-refractivity contribution >= 4 is 16.9 Å². The summed E-state index contributed by atoms with van der Waals surface area (Å²) >= 11 is 0. The van der Waals surface area contributed by atoms with Crippen LogP contribution < -0.4 is 5.63 Å². The summed E-state index contributed by atoms with van der Waals surface area (Å²) in [6.07, 6.45) is 1.57. The lowest BCUT2D eigenvalue weighted by atomic mass is 9.91. The van der Waals surface area contributed by atoms with E-state index >= 15 is 0 Å². The number of aromatic hydroxyl groups is 1. The summed E-state index contributed by atoms with van der Waals surface area (Å²) in [5.74, 6) is 0.968. The molecule has 1 aromatic carbocycles. The highest BCUT2D eigenvalue weighted by Gasteiger charge is 2.25. The van der Waals surface area contributed by atoms with Gasteiger partial charge in [0.15, 0.2) is 0 Å². The van der Waals surface area contributed by atoms with Crippen molar-refractivity contribution in [1.82, 2.24) is 4.90 Å². The average molecular weight is 416 g/mol. The molecule has 0 bridgehead atoms. The van der Waals surface area contributed by atoms with Gasteiger partial charge in [-0.3, -0.25) is 9.69 Å². The number of aryl methyl sites for hydroxylation is 2. The van der Waals surface area contributed by atoms with E-state index in [1.807, 2.05) is 26.8 Å². The number of phenolic OH excluding ortho intramolecular Hbond substituents is 1. The van der Waals surface area contributed by atoms with Crippen molar-refractivity contribution in [3.63, 3.8) is 0 Å². The number of benzene rings is 1. The van der Waals surface area contributed by atoms with Crippen LogP contribution in [-0.2, 0) is 22.5 Å². The number of fused-ring (bicyclic) bond motifs is 1. The third kappa shape index (κ3) is 5.22. The maximum Gasteiger partial charge on any atom is 0.336 e. The molecule has 164 valence electrons. The van der Waals surface area contributed by atoms with Crippen LogP contribution in [0.4, 0.5) is 0 Å². The lowest BCUT2D eigenvalue weighted by Crippen LogP contribution is -2.38. The van der Waals surface area contributed by atoms with Gasteiger partial charge >= 0.3 is 11.6 Å². The zero-order valence-electron chi connectivity index (χ0n) is 18.7. The minimum Gasteiger partial charge on any atom is -0.507 e. The standard InChI is InChI=1S/C24H33NO5/c1-14(2)29-21(26)7-6-18-10-19-17(5)9-22(27)30-24(19)20(23(18)28)13-25-11-15(3)8-16(4)12-25/h9-10,14-16,28H,6-8,11-13H2,1-5H3. The molecule has 2 heterocycles. The summed E-state index contributed by atoms with van der Waals surface area (Å²) in [6, 6.07) is 3.29. The minimum absolute atomic E-state index is 0.111. The normalized spacial score (nSPS) is 20.1. The van der Waals surface area contributed by atoms with E-state index in [4.69, 9.17) is 9.15 Å². The Labute approximate surface area is 177 Å². The summed E-state index contributed by atoms with van der Waals surface area (Å²) in [5, 5.41) is 11.9. The number of phenols is 1. The highest BCUT2D eigenvalue weighted by Crippen LogP contribution is 2.35. The molecule has 6 nitrogen and oxygen atoms in total. The molecule has 1 aromatic heterocycles. The van der Waals surface area contributed by atoms with E-state index in [0.29, 0.717) is 41.5 Å². The molecular formula is C24H33NO5. The maximum absolute atomic E-state index is 12.0. The molecule has 0 radical (unpaired) electrons. The van der Waals surface area contributed by atoms with Gasteiger partial charge in [0.2, 0.25) is 0 Å². The van der Waals surface area contributed by atoms with Gasteiger partial charge in [0, 0.05) is 37.5 Å². The molecule has 1 aliphatic rings. The van der Waals surface area contributed by atoms with Gasteiger partial charge in [-0.15, -0.1) is 0 Å². The molecular weight excluding hydrogens is 382 g/mol. The zero-order valence-corrected chi connectivity index (χ0v) is 18.7. The summed E-state index contributed by atoms with van der Waals surface area (Å²) in [4.78, 5) is 26.4. The predicted octanol–water partition coefficient (Wildman–Crippen LogP) is 4.17. The number of hydrogen-bond donors (Lipinski definition) is 1. The highest BCUT2D eigenvalue weighted by molar-refractivity contribution is 5.86. The van der Waals surface area contributed by atoms with E-state index in [0.717, 1.165) is 24.0 Å². The van der Waals surface area contributed by atoms with Crippen LogP contribution in [0.1, 0.15) is 57.2 Å². The van der Waals surface area contributed by atoms with Crippen LogP contribution in [0, 0.1) is 18.8 Å². The Hall–Kier alpha value is -2.34. The van der Waals surface area contributed by atoms with Crippen molar-refractivity contribution in [2.45, 2.75) is 66.5 Å². The monoisotopic (exact) mass is 415 g/mol. The number of piperidine rings is 1. The van der Waals surface area contributed by atoms with Crippen molar-refractivity contribution in [2.24, 2.45) is 11.8 Å². The van der Waals surface area contributed by atoms with Gasteiger partial charge in [-0.05, 0) is 62.6 Å². The fraction of sp³-hybridized carbons (Fsp3) is 0.583. The molecule has 6 heteroatoms. The Balaban J connectivity index is 1.99. The van der Waals surface area contributed by atoms with E-state index in [9.17, 15) is 14.7 Å². The van der Waals surface area contributed by atoms with E-state index < -0.39 is 5.63 Å². The van der Waals surface area contributed by atoms with Crippen LogP contribution in [-0.4, -0.2) is 35.2 Å². The first-order valence-corrected chi connectivity index (χ1v) is 10.8. The second-order valence-corrected chi connectivity index (χ2v) is 9.17. The third-order valence-electron chi connectivity index (χ3n) is 5.68. The predicted molar refractivity (Wildman–Crippen MR) is 117 cm³/mol. The topological polar surface area (TPSA) is 80.0 Å². The largest absolute Gasteiger partial charge is 0.507 e. The summed E-state index contributed by atoms with van der Waals surface area (Å²) in [7, 11) is 0. The first-order valence-electron chi connectivity index (χ1n) is 10.8. The van der Waals surface area contributed by atoms with Crippen LogP contribution in [0.5, 0.6) is 5.75 Å². The Bertz CT molecular complexity index is 968. The van der Waals surface area contributed by atoms with Gasteiger partial charge in [0.05, 0.1) is 11.7 Å². The van der Waals surface area contributed by atoms with Crippen LogP contribution in [0.2, 0.25) is 0 Å². The fourth-order valence-corrected chi connectivity index (χ4v) is 4.61. The number of rotatable bonds is 6. The summed E-state index contributed by atoms with van der Waals surface area (Å²) < 4.78 is 10.8. The number of carbonyl (C=O) groups is 1. The number of ether oxygens (including phenoxy) is 1. The lowest BCUT2D eigenvalue weighted by Gasteiger charge is -2.35. The SMILES string of the molecule is Cc1cc(=O)oc2c(CN3CC(C)CC(C)C3)c(O)c(CCC(=O)OC(C)C)cc12. The van der Waals surface area contributed by atoms with Gasteiger partial charge in [-0.2, -0.15) is 0 Å². The molecule has 0 amide bonds. The van der Waals surface area contributed by atoms with Crippen molar-refractivity contribution in [3.8, 4) is 5.75 Å². The first-order chi connectivity index (χ1) is 14.1. The maximum atomic E-state index is 12.0. The van der Waals surface area contributed by atoms with E-state index in [1.165, 1.54) is 12.5 Å². The van der Waals surface area contributed by atoms with Crippen LogP contribution >= 0.6 is 0 Å². The van der Waals surface area contributed by atoms with Gasteiger partial charge in [-0.25, -0.2) is 4.79 Å². The molecule has 2 aromatic rings. The molecule has 30 heavy (non-hydrogen) atoms. The number of carbonyl (C=O) groups excluding carboxylic acids is 1. The Morgan fingerprint density at radius 2 is 1.93 bits per heavy atom. The second-order valence-electron chi connectivity index (χ2n) is 9.17. The molecule has 1 aliphatic heterocycles. The van der Waals surface area contributed by atoms with Gasteiger partial charge < -0.3 is 14.3 Å². The molecule has 1 N–H and O–H groups in total. The Morgan fingerprint density at radius 1 is 1.27 bits per heavy atom. The molecule has 0 saturated carbocycles. The smallest absolute Gasteiger partial charge is 0.336 e. The summed E-state index contributed by atoms with van der Waals surface area (Å²) in [5.41, 5.74) is 2.12.